The van der Waals surface area contributed by atoms with E-state index < -0.39 is 61.0 Å². The van der Waals surface area contributed by atoms with Crippen LogP contribution in [0.5, 0.6) is 23.0 Å². The molecule has 2 aliphatic rings. The lowest BCUT2D eigenvalue weighted by Gasteiger charge is -2.37. The highest BCUT2D eigenvalue weighted by molar-refractivity contribution is 7.86. The van der Waals surface area contributed by atoms with Gasteiger partial charge in [0.25, 0.3) is 0 Å². The maximum Gasteiger partial charge on any atom is 0.340 e. The molecule has 0 saturated heterocycles. The quantitative estimate of drug-likeness (QED) is 0.382. The van der Waals surface area contributed by atoms with Crippen molar-refractivity contribution in [1.82, 2.24) is 0 Å². The van der Waals surface area contributed by atoms with Gasteiger partial charge in [0.1, 0.15) is 5.75 Å². The van der Waals surface area contributed by atoms with Crippen LogP contribution in [-0.4, -0.2) is 29.2 Å². The molecule has 8 nitrogen and oxygen atoms in total. The Morgan fingerprint density at radius 3 is 2.32 bits per heavy atom. The van der Waals surface area contributed by atoms with Crippen molar-refractivity contribution in [3.05, 3.63) is 76.4 Å². The summed E-state index contributed by atoms with van der Waals surface area (Å²) in [5, 5.41) is 19.8. The van der Waals surface area contributed by atoms with Gasteiger partial charge in [-0.05, 0) is 18.2 Å². The largest absolute Gasteiger partial charge is 0.505 e. The van der Waals surface area contributed by atoms with Gasteiger partial charge >= 0.3 is 16.1 Å². The number of hydrogen-bond acceptors (Lipinski definition) is 7. The fraction of sp³-hybridized carbons (Fsp3) is 0.0500. The van der Waals surface area contributed by atoms with E-state index >= 15 is 0 Å². The molecule has 0 aromatic heterocycles. The first kappa shape index (κ1) is 19.3. The highest BCUT2D eigenvalue weighted by Gasteiger charge is 2.55. The van der Waals surface area contributed by atoms with Gasteiger partial charge in [-0.25, -0.2) is 13.6 Å². The van der Waals surface area contributed by atoms with Gasteiger partial charge in [0.15, 0.2) is 39.4 Å². The number of phenolic OH excluding ortho intramolecular Hbond substituents is 2. The molecule has 2 heterocycles. The Labute approximate surface area is 172 Å². The zero-order chi connectivity index (χ0) is 22.3. The van der Waals surface area contributed by atoms with Crippen LogP contribution in [0.1, 0.15) is 27.0 Å². The highest BCUT2D eigenvalue weighted by atomic mass is 32.2. The van der Waals surface area contributed by atoms with Crippen molar-refractivity contribution in [2.24, 2.45) is 0 Å². The average Bonchev–Trinajstić information content (AvgIpc) is 2.98. The molecule has 0 aliphatic carbocycles. The van der Waals surface area contributed by atoms with Gasteiger partial charge in [0.05, 0.1) is 16.7 Å². The van der Waals surface area contributed by atoms with Gasteiger partial charge in [0.2, 0.25) is 0 Å². The molecule has 31 heavy (non-hydrogen) atoms. The number of benzene rings is 3. The molecule has 3 N–H and O–H groups in total. The van der Waals surface area contributed by atoms with Crippen LogP contribution < -0.4 is 4.74 Å². The Hall–Kier alpha value is -3.70. The summed E-state index contributed by atoms with van der Waals surface area (Å²) in [7, 11) is -5.25. The predicted octanol–water partition coefficient (Wildman–Crippen LogP) is 3.19. The van der Waals surface area contributed by atoms with Crippen LogP contribution in [0.3, 0.4) is 0 Å². The molecule has 2 aliphatic heterocycles. The van der Waals surface area contributed by atoms with Crippen LogP contribution in [0.15, 0.2) is 47.4 Å². The highest BCUT2D eigenvalue weighted by Crippen LogP contribution is 2.59. The lowest BCUT2D eigenvalue weighted by molar-refractivity contribution is 0.0219. The number of aromatic hydroxyl groups is 2. The van der Waals surface area contributed by atoms with E-state index in [4.69, 9.17) is 9.47 Å². The molecular weight excluding hydrogens is 438 g/mol. The summed E-state index contributed by atoms with van der Waals surface area (Å²) >= 11 is 0. The molecule has 0 fully saturated rings. The van der Waals surface area contributed by atoms with Gasteiger partial charge in [-0.15, -0.1) is 0 Å². The second kappa shape index (κ2) is 5.93. The third kappa shape index (κ3) is 2.41. The van der Waals surface area contributed by atoms with Crippen LogP contribution in [0.2, 0.25) is 0 Å². The number of carbonyl (C=O) groups is 1. The summed E-state index contributed by atoms with van der Waals surface area (Å²) in [6.45, 7) is 0. The van der Waals surface area contributed by atoms with Crippen LogP contribution in [-0.2, 0) is 20.5 Å². The second-order valence-corrected chi connectivity index (χ2v) is 8.26. The van der Waals surface area contributed by atoms with E-state index in [0.717, 1.165) is 12.1 Å². The number of hydrogen-bond donors (Lipinski definition) is 3. The molecule has 0 amide bonds. The predicted molar refractivity (Wildman–Crippen MR) is 97.8 cm³/mol. The number of esters is 1. The first-order valence-corrected chi connectivity index (χ1v) is 10.1. The summed E-state index contributed by atoms with van der Waals surface area (Å²) in [5.74, 6) is -6.82. The number of halogens is 2. The van der Waals surface area contributed by atoms with Gasteiger partial charge < -0.3 is 19.7 Å². The van der Waals surface area contributed by atoms with Crippen LogP contribution in [0.4, 0.5) is 8.78 Å². The van der Waals surface area contributed by atoms with E-state index in [0.29, 0.717) is 6.07 Å². The molecule has 0 saturated carbocycles. The van der Waals surface area contributed by atoms with Crippen molar-refractivity contribution >= 4 is 16.1 Å². The van der Waals surface area contributed by atoms with E-state index in [1.807, 2.05) is 0 Å². The van der Waals surface area contributed by atoms with E-state index in [1.165, 1.54) is 24.3 Å². The maximum atomic E-state index is 14.6. The molecule has 1 spiro atoms. The summed E-state index contributed by atoms with van der Waals surface area (Å²) in [5.41, 5.74) is -2.51. The van der Waals surface area contributed by atoms with Gasteiger partial charge in [0, 0.05) is 11.6 Å². The molecule has 3 aromatic rings. The maximum absolute atomic E-state index is 14.6. The second-order valence-electron chi connectivity index (χ2n) is 6.91. The standard InChI is InChI=1S/C20H10F2O8S/c21-12-5-10-15(7-14(12)23)29-17-11(6-13(22)16(24)18(17)31(26,27)28)20(10)9-4-2-1-3-8(9)19(25)30-20/h1-7,23-24H,(H,26,27,28). The minimum Gasteiger partial charge on any atom is -0.505 e. The third-order valence-corrected chi connectivity index (χ3v) is 6.11. The molecule has 0 radical (unpaired) electrons. The Morgan fingerprint density at radius 2 is 1.61 bits per heavy atom. The summed E-state index contributed by atoms with van der Waals surface area (Å²) in [6.07, 6.45) is 0. The molecule has 5 rings (SSSR count). The van der Waals surface area contributed by atoms with Gasteiger partial charge in [-0.3, -0.25) is 4.55 Å². The third-order valence-electron chi connectivity index (χ3n) is 5.21. The van der Waals surface area contributed by atoms with Crippen molar-refractivity contribution in [2.75, 3.05) is 0 Å². The van der Waals surface area contributed by atoms with E-state index in [2.05, 4.69) is 0 Å². The van der Waals surface area contributed by atoms with Crippen molar-refractivity contribution in [2.45, 2.75) is 10.5 Å². The van der Waals surface area contributed by atoms with Gasteiger partial charge in [-0.1, -0.05) is 18.2 Å². The Balaban J connectivity index is 2.00. The van der Waals surface area contributed by atoms with Crippen molar-refractivity contribution in [1.29, 1.82) is 0 Å². The Kier molecular flexibility index (Phi) is 3.68. The van der Waals surface area contributed by atoms with E-state index in [9.17, 15) is 36.8 Å². The normalized spacial score (nSPS) is 18.7. The van der Waals surface area contributed by atoms with Crippen molar-refractivity contribution < 1.29 is 46.2 Å². The lowest BCUT2D eigenvalue weighted by Crippen LogP contribution is -2.34. The molecule has 3 aromatic carbocycles. The first-order valence-electron chi connectivity index (χ1n) is 8.63. The zero-order valence-corrected chi connectivity index (χ0v) is 15.9. The van der Waals surface area contributed by atoms with Crippen molar-refractivity contribution in [3.8, 4) is 23.0 Å². The molecule has 0 bridgehead atoms. The average molecular weight is 448 g/mol. The number of rotatable bonds is 1. The van der Waals surface area contributed by atoms with Crippen LogP contribution in [0.25, 0.3) is 0 Å². The number of carbonyl (C=O) groups excluding carboxylic acids is 1. The lowest BCUT2D eigenvalue weighted by atomic mass is 9.77. The molecule has 158 valence electrons. The molecule has 1 atom stereocenters. The van der Waals surface area contributed by atoms with E-state index in [-0.39, 0.29) is 22.4 Å². The Bertz CT molecular complexity index is 1430. The fourth-order valence-electron chi connectivity index (χ4n) is 3.98. The number of fused-ring (bicyclic) bond motifs is 6. The molecule has 1 unspecified atom stereocenters. The minimum absolute atomic E-state index is 0.0386. The molecule has 11 heteroatoms. The van der Waals surface area contributed by atoms with Crippen LogP contribution >= 0.6 is 0 Å². The Morgan fingerprint density at radius 1 is 0.935 bits per heavy atom. The number of ether oxygens (including phenoxy) is 2. The first-order chi connectivity index (χ1) is 14.6. The topological polar surface area (TPSA) is 130 Å². The monoisotopic (exact) mass is 448 g/mol. The SMILES string of the molecule is O=C1OC2(c3cc(F)c(O)cc3Oc3c2cc(F)c(O)c3S(=O)(=O)O)c2ccccc21. The van der Waals surface area contributed by atoms with Gasteiger partial charge in [-0.2, -0.15) is 8.42 Å². The molecular formula is C20H10F2O8S. The zero-order valence-electron chi connectivity index (χ0n) is 15.1. The number of phenols is 2. The fourth-order valence-corrected chi connectivity index (χ4v) is 4.70. The summed E-state index contributed by atoms with van der Waals surface area (Å²) in [4.78, 5) is 11.3. The minimum atomic E-state index is -5.25. The van der Waals surface area contributed by atoms with Crippen molar-refractivity contribution in [3.63, 3.8) is 0 Å². The summed E-state index contributed by atoms with van der Waals surface area (Å²) < 4.78 is 73.5. The summed E-state index contributed by atoms with van der Waals surface area (Å²) in [6, 6.07) is 8.16. The smallest absolute Gasteiger partial charge is 0.340 e. The van der Waals surface area contributed by atoms with Crippen LogP contribution in [0, 0.1) is 11.6 Å². The van der Waals surface area contributed by atoms with E-state index in [1.54, 1.807) is 0 Å².